The fraction of sp³-hybridized carbons (Fsp3) is 0.633. The molecule has 10 heteroatoms. The second kappa shape index (κ2) is 14.8. The Morgan fingerprint density at radius 2 is 1.65 bits per heavy atom. The third-order valence-corrected chi connectivity index (χ3v) is 9.19. The normalized spacial score (nSPS) is 20.4. The Labute approximate surface area is 247 Å². The standard InChI is InChI=1S/C30H42N4O4S2/c1-20-15-21(2)19-33(18-20)27-23(22(3)24(17-31)28(37)32(27)4)16-25-29(38)34(30(39)40-25)14-12-10-8-6-5-7-9-11-13-26(35)36/h16,20-21H,5-15,18-19H2,1-4H3,(H,35,36)/b25-16+. The van der Waals surface area contributed by atoms with E-state index in [0.717, 1.165) is 82.3 Å². The van der Waals surface area contributed by atoms with E-state index in [1.807, 2.05) is 6.08 Å². The van der Waals surface area contributed by atoms with Gasteiger partial charge in [-0.1, -0.05) is 76.4 Å². The topological polar surface area (TPSA) is 107 Å². The van der Waals surface area contributed by atoms with E-state index in [2.05, 4.69) is 24.8 Å². The lowest BCUT2D eigenvalue weighted by molar-refractivity contribution is -0.137. The highest BCUT2D eigenvalue weighted by Crippen LogP contribution is 2.37. The fourth-order valence-electron chi connectivity index (χ4n) is 5.86. The van der Waals surface area contributed by atoms with Gasteiger partial charge in [0.15, 0.2) is 0 Å². The maximum Gasteiger partial charge on any atom is 0.303 e. The first kappa shape index (κ1) is 31.9. The van der Waals surface area contributed by atoms with Crippen molar-refractivity contribution in [3.63, 3.8) is 0 Å². The first-order valence-corrected chi connectivity index (χ1v) is 15.6. The number of hydrogen-bond donors (Lipinski definition) is 1. The monoisotopic (exact) mass is 586 g/mol. The van der Waals surface area contributed by atoms with Gasteiger partial charge in [0.1, 0.15) is 21.8 Å². The fourth-order valence-corrected chi connectivity index (χ4v) is 7.15. The average Bonchev–Trinajstić information content (AvgIpc) is 3.15. The van der Waals surface area contributed by atoms with E-state index < -0.39 is 5.97 Å². The number of aliphatic carboxylic acids is 1. The second-order valence-electron chi connectivity index (χ2n) is 11.4. The number of nitriles is 1. The van der Waals surface area contributed by atoms with Gasteiger partial charge >= 0.3 is 5.97 Å². The van der Waals surface area contributed by atoms with Gasteiger partial charge in [0.2, 0.25) is 0 Å². The van der Waals surface area contributed by atoms with Crippen molar-refractivity contribution in [3.05, 3.63) is 31.9 Å². The smallest absolute Gasteiger partial charge is 0.303 e. The molecular weight excluding hydrogens is 544 g/mol. The summed E-state index contributed by atoms with van der Waals surface area (Å²) in [5, 5.41) is 18.4. The molecule has 3 rings (SSSR count). The van der Waals surface area contributed by atoms with Gasteiger partial charge in [-0.05, 0) is 49.7 Å². The van der Waals surface area contributed by atoms with E-state index in [1.54, 1.807) is 23.4 Å². The Hall–Kier alpha value is -2.64. The molecule has 1 amide bonds. The zero-order chi connectivity index (χ0) is 29.4. The number of carbonyl (C=O) groups excluding carboxylic acids is 1. The Bertz CT molecular complexity index is 1240. The van der Waals surface area contributed by atoms with Gasteiger partial charge in [-0.25, -0.2) is 0 Å². The summed E-state index contributed by atoms with van der Waals surface area (Å²) in [6.07, 6.45) is 11.1. The molecule has 2 atom stereocenters. The number of pyridine rings is 1. The molecule has 0 bridgehead atoms. The molecule has 1 aromatic rings. The van der Waals surface area contributed by atoms with Gasteiger partial charge in [-0.3, -0.25) is 23.9 Å². The van der Waals surface area contributed by atoms with Crippen LogP contribution in [0.1, 0.15) is 94.7 Å². The van der Waals surface area contributed by atoms with Crippen molar-refractivity contribution in [3.8, 4) is 6.07 Å². The lowest BCUT2D eigenvalue weighted by Gasteiger charge is -2.38. The molecule has 2 saturated heterocycles. The molecule has 3 heterocycles. The number of rotatable bonds is 13. The lowest BCUT2D eigenvalue weighted by atomic mass is 9.91. The minimum Gasteiger partial charge on any atom is -0.481 e. The maximum atomic E-state index is 13.4. The molecule has 1 N–H and O–H groups in total. The number of nitrogens with zero attached hydrogens (tertiary/aromatic N) is 4. The predicted octanol–water partition coefficient (Wildman–Crippen LogP) is 5.84. The average molecular weight is 587 g/mol. The second-order valence-corrected chi connectivity index (χ2v) is 13.0. The number of thiocarbonyl (C=S) groups is 1. The molecule has 2 aliphatic rings. The third kappa shape index (κ3) is 7.97. The first-order chi connectivity index (χ1) is 19.0. The molecular formula is C30H42N4O4S2. The molecule has 40 heavy (non-hydrogen) atoms. The summed E-state index contributed by atoms with van der Waals surface area (Å²) in [5.41, 5.74) is 1.13. The molecule has 0 aromatic carbocycles. The zero-order valence-electron chi connectivity index (χ0n) is 24.2. The molecule has 2 unspecified atom stereocenters. The summed E-state index contributed by atoms with van der Waals surface area (Å²) in [6.45, 7) is 8.42. The highest BCUT2D eigenvalue weighted by atomic mass is 32.2. The molecule has 0 radical (unpaired) electrons. The molecule has 218 valence electrons. The largest absolute Gasteiger partial charge is 0.481 e. The van der Waals surface area contributed by atoms with E-state index in [-0.39, 0.29) is 23.5 Å². The minimum atomic E-state index is -0.728. The first-order valence-electron chi connectivity index (χ1n) is 14.4. The van der Waals surface area contributed by atoms with E-state index >= 15 is 0 Å². The Morgan fingerprint density at radius 3 is 2.23 bits per heavy atom. The van der Waals surface area contributed by atoms with Gasteiger partial charge in [0.05, 0.1) is 4.91 Å². The van der Waals surface area contributed by atoms with Crippen molar-refractivity contribution in [2.75, 3.05) is 24.5 Å². The summed E-state index contributed by atoms with van der Waals surface area (Å²) in [7, 11) is 1.71. The minimum absolute atomic E-state index is 0.105. The number of unbranched alkanes of at least 4 members (excludes halogenated alkanes) is 7. The number of anilines is 1. The van der Waals surface area contributed by atoms with E-state index in [1.165, 1.54) is 11.8 Å². The third-order valence-electron chi connectivity index (χ3n) is 7.81. The van der Waals surface area contributed by atoms with Gasteiger partial charge in [0.25, 0.3) is 11.5 Å². The molecule has 2 aliphatic heterocycles. The molecule has 8 nitrogen and oxygen atoms in total. The Balaban J connectivity index is 1.69. The number of aromatic nitrogens is 1. The van der Waals surface area contributed by atoms with Crippen LogP contribution in [0.15, 0.2) is 9.70 Å². The number of hydrogen-bond acceptors (Lipinski definition) is 7. The van der Waals surface area contributed by atoms with Gasteiger partial charge in [-0.2, -0.15) is 5.26 Å². The summed E-state index contributed by atoms with van der Waals surface area (Å²) in [5.74, 6) is 0.851. The SMILES string of the molecule is Cc1c(/C=C2/SC(=S)N(CCCCCCCCCCC(=O)O)C2=O)c(N2CC(C)CC(C)C2)n(C)c(=O)c1C#N. The number of carboxylic acids is 1. The number of carboxylic acid groups (broad SMARTS) is 1. The molecule has 0 aliphatic carbocycles. The van der Waals surface area contributed by atoms with Crippen molar-refractivity contribution >= 4 is 52.1 Å². The van der Waals surface area contributed by atoms with Crippen LogP contribution in [0.25, 0.3) is 6.08 Å². The molecule has 0 saturated carbocycles. The molecule has 2 fully saturated rings. The zero-order valence-corrected chi connectivity index (χ0v) is 25.8. The highest BCUT2D eigenvalue weighted by molar-refractivity contribution is 8.26. The highest BCUT2D eigenvalue weighted by Gasteiger charge is 2.33. The summed E-state index contributed by atoms with van der Waals surface area (Å²) < 4.78 is 2.11. The van der Waals surface area contributed by atoms with E-state index in [9.17, 15) is 19.6 Å². The van der Waals surface area contributed by atoms with Crippen molar-refractivity contribution < 1.29 is 14.7 Å². The van der Waals surface area contributed by atoms with Crippen LogP contribution < -0.4 is 10.5 Å². The predicted molar refractivity (Wildman–Crippen MR) is 165 cm³/mol. The Kier molecular flexibility index (Phi) is 11.8. The summed E-state index contributed by atoms with van der Waals surface area (Å²) in [6, 6.07) is 2.08. The van der Waals surface area contributed by atoms with Crippen LogP contribution in [-0.2, 0) is 16.6 Å². The summed E-state index contributed by atoms with van der Waals surface area (Å²) >= 11 is 6.86. The summed E-state index contributed by atoms with van der Waals surface area (Å²) in [4.78, 5) is 41.5. The van der Waals surface area contributed by atoms with Gasteiger partial charge in [0, 0.05) is 38.7 Å². The van der Waals surface area contributed by atoms with Gasteiger partial charge in [-0.15, -0.1) is 0 Å². The van der Waals surface area contributed by atoms with Gasteiger partial charge < -0.3 is 10.0 Å². The number of amides is 1. The maximum absolute atomic E-state index is 13.4. The number of thioether (sulfide) groups is 1. The van der Waals surface area contributed by atoms with Crippen LogP contribution in [0, 0.1) is 30.1 Å². The quantitative estimate of drug-likeness (QED) is 0.174. The van der Waals surface area contributed by atoms with Crippen LogP contribution in [0.4, 0.5) is 5.82 Å². The van der Waals surface area contributed by atoms with Crippen LogP contribution >= 0.6 is 24.0 Å². The van der Waals surface area contributed by atoms with Crippen LogP contribution in [0.2, 0.25) is 0 Å². The van der Waals surface area contributed by atoms with Crippen LogP contribution in [0.3, 0.4) is 0 Å². The van der Waals surface area contributed by atoms with Crippen LogP contribution in [0.5, 0.6) is 0 Å². The van der Waals surface area contributed by atoms with Crippen molar-refractivity contribution in [1.82, 2.24) is 9.47 Å². The molecule has 0 spiro atoms. The Morgan fingerprint density at radius 1 is 1.07 bits per heavy atom. The lowest BCUT2D eigenvalue weighted by Crippen LogP contribution is -2.42. The van der Waals surface area contributed by atoms with Crippen molar-refractivity contribution in [1.29, 1.82) is 5.26 Å². The van der Waals surface area contributed by atoms with Crippen molar-refractivity contribution in [2.24, 2.45) is 18.9 Å². The van der Waals surface area contributed by atoms with Crippen LogP contribution in [-0.4, -0.2) is 50.4 Å². The van der Waals surface area contributed by atoms with E-state index in [0.29, 0.717) is 33.2 Å². The number of piperidine rings is 1. The molecule has 1 aromatic heterocycles. The number of carbonyl (C=O) groups is 2. The van der Waals surface area contributed by atoms with Crippen molar-refractivity contribution in [2.45, 2.75) is 85.0 Å². The van der Waals surface area contributed by atoms with E-state index in [4.69, 9.17) is 17.3 Å².